The Kier molecular flexibility index (Phi) is 10.7. The Labute approximate surface area is 253 Å². The van der Waals surface area contributed by atoms with Crippen molar-refractivity contribution in [2.75, 3.05) is 20.8 Å². The molecular weight excluding hydrogens is 582 g/mol. The average molecular weight is 618 g/mol. The number of thioether (sulfide) groups is 1. The fourth-order valence-corrected chi connectivity index (χ4v) is 6.35. The van der Waals surface area contributed by atoms with Gasteiger partial charge in [0.15, 0.2) is 12.4 Å². The molecule has 1 amide bonds. The summed E-state index contributed by atoms with van der Waals surface area (Å²) in [6, 6.07) is 15.0. The van der Waals surface area contributed by atoms with E-state index in [2.05, 4.69) is 5.32 Å². The van der Waals surface area contributed by atoms with Crippen molar-refractivity contribution in [3.63, 3.8) is 0 Å². The van der Waals surface area contributed by atoms with Gasteiger partial charge in [0, 0.05) is 37.7 Å². The summed E-state index contributed by atoms with van der Waals surface area (Å²) in [5.41, 5.74) is 0.689. The summed E-state index contributed by atoms with van der Waals surface area (Å²) in [6.07, 6.45) is -5.42. The van der Waals surface area contributed by atoms with Gasteiger partial charge in [-0.3, -0.25) is 14.4 Å². The van der Waals surface area contributed by atoms with Gasteiger partial charge in [0.05, 0.1) is 26.9 Å². The van der Waals surface area contributed by atoms with E-state index in [0.29, 0.717) is 16.2 Å². The van der Waals surface area contributed by atoms with E-state index in [9.17, 15) is 19.2 Å². The number of esters is 3. The molecule has 13 heteroatoms. The van der Waals surface area contributed by atoms with Crippen LogP contribution in [0.4, 0.5) is 0 Å². The molecule has 0 saturated carbocycles. The van der Waals surface area contributed by atoms with E-state index < -0.39 is 65.5 Å². The molecule has 232 valence electrons. The highest BCUT2D eigenvalue weighted by molar-refractivity contribution is 8.01. The molecule has 2 aromatic rings. The van der Waals surface area contributed by atoms with Crippen LogP contribution >= 0.6 is 11.8 Å². The Balaban J connectivity index is 1.76. The molecule has 2 saturated heterocycles. The van der Waals surface area contributed by atoms with Gasteiger partial charge in [0.2, 0.25) is 10.8 Å². The van der Waals surface area contributed by atoms with Gasteiger partial charge in [-0.1, -0.05) is 42.1 Å². The highest BCUT2D eigenvalue weighted by Crippen LogP contribution is 2.46. The molecule has 0 aliphatic carbocycles. The second-order valence-electron chi connectivity index (χ2n) is 10.0. The van der Waals surface area contributed by atoms with Crippen molar-refractivity contribution in [3.8, 4) is 5.75 Å². The van der Waals surface area contributed by atoms with Crippen molar-refractivity contribution in [3.05, 3.63) is 60.2 Å². The SMILES string of the molecule is COC(=O)[C@@]1(Sc2ccccc2)C[C@H](OC(C)=O)[C@@H](NC(C)=O)[C@H]([C@H](OC(C)=O)[C@H]2COC(c3ccc(OC)cc3)O2)O1. The zero-order valence-electron chi connectivity index (χ0n) is 24.5. The Morgan fingerprint density at radius 1 is 0.977 bits per heavy atom. The Morgan fingerprint density at radius 2 is 1.67 bits per heavy atom. The molecule has 0 bridgehead atoms. The lowest BCUT2D eigenvalue weighted by molar-refractivity contribution is -0.220. The van der Waals surface area contributed by atoms with Gasteiger partial charge in [-0.15, -0.1) is 0 Å². The second-order valence-corrected chi connectivity index (χ2v) is 11.3. The maximum absolute atomic E-state index is 13.5. The quantitative estimate of drug-likeness (QED) is 0.309. The van der Waals surface area contributed by atoms with Crippen LogP contribution in [0.3, 0.4) is 0 Å². The van der Waals surface area contributed by atoms with E-state index >= 15 is 0 Å². The summed E-state index contributed by atoms with van der Waals surface area (Å²) in [5.74, 6) is -1.88. The van der Waals surface area contributed by atoms with Crippen LogP contribution in [0.25, 0.3) is 0 Å². The minimum absolute atomic E-state index is 0.0173. The third-order valence-electron chi connectivity index (χ3n) is 6.85. The maximum Gasteiger partial charge on any atom is 0.349 e. The highest BCUT2D eigenvalue weighted by Gasteiger charge is 2.59. The summed E-state index contributed by atoms with van der Waals surface area (Å²) in [5, 5.41) is 2.77. The summed E-state index contributed by atoms with van der Waals surface area (Å²) < 4.78 is 40.5. The Morgan fingerprint density at radius 3 is 2.26 bits per heavy atom. The first-order chi connectivity index (χ1) is 20.5. The fourth-order valence-electron chi connectivity index (χ4n) is 5.10. The van der Waals surface area contributed by atoms with Crippen molar-refractivity contribution in [2.45, 2.75) is 73.8 Å². The molecular formula is C30H35NO11S. The number of ether oxygens (including phenoxy) is 7. The minimum Gasteiger partial charge on any atom is -0.497 e. The second kappa shape index (κ2) is 14.2. The number of amides is 1. The van der Waals surface area contributed by atoms with E-state index in [1.807, 2.05) is 6.07 Å². The number of carbonyl (C=O) groups is 4. The lowest BCUT2D eigenvalue weighted by atomic mass is 9.89. The largest absolute Gasteiger partial charge is 0.497 e. The zero-order valence-corrected chi connectivity index (χ0v) is 25.3. The summed E-state index contributed by atoms with van der Waals surface area (Å²) in [4.78, 5) is 49.5. The van der Waals surface area contributed by atoms with Gasteiger partial charge in [-0.25, -0.2) is 4.79 Å². The van der Waals surface area contributed by atoms with Crippen LogP contribution in [0.5, 0.6) is 5.75 Å². The molecule has 2 aromatic carbocycles. The molecule has 2 aliphatic rings. The molecule has 0 spiro atoms. The predicted molar refractivity (Wildman–Crippen MR) is 152 cm³/mol. The van der Waals surface area contributed by atoms with Gasteiger partial charge in [0.1, 0.15) is 24.1 Å². The molecule has 0 aromatic heterocycles. The van der Waals surface area contributed by atoms with Crippen molar-refractivity contribution in [1.82, 2.24) is 5.32 Å². The summed E-state index contributed by atoms with van der Waals surface area (Å²) in [7, 11) is 2.77. The Bertz CT molecular complexity index is 1290. The molecule has 12 nitrogen and oxygen atoms in total. The predicted octanol–water partition coefficient (Wildman–Crippen LogP) is 2.93. The van der Waals surface area contributed by atoms with Gasteiger partial charge in [-0.2, -0.15) is 0 Å². The molecule has 43 heavy (non-hydrogen) atoms. The van der Waals surface area contributed by atoms with Crippen molar-refractivity contribution in [1.29, 1.82) is 0 Å². The topological polar surface area (TPSA) is 145 Å². The number of rotatable bonds is 10. The average Bonchev–Trinajstić information content (AvgIpc) is 3.47. The first-order valence-electron chi connectivity index (χ1n) is 13.6. The highest BCUT2D eigenvalue weighted by atomic mass is 32.2. The number of carbonyl (C=O) groups excluding carboxylic acids is 4. The molecule has 0 radical (unpaired) electrons. The van der Waals surface area contributed by atoms with E-state index in [1.54, 1.807) is 55.6 Å². The van der Waals surface area contributed by atoms with Crippen LogP contribution in [0, 0.1) is 0 Å². The van der Waals surface area contributed by atoms with Crippen molar-refractivity contribution in [2.24, 2.45) is 0 Å². The minimum atomic E-state index is -1.76. The Hall–Kier alpha value is -3.65. The molecule has 2 heterocycles. The zero-order chi connectivity index (χ0) is 31.1. The van der Waals surface area contributed by atoms with E-state index in [-0.39, 0.29) is 13.0 Å². The van der Waals surface area contributed by atoms with Gasteiger partial charge in [-0.05, 0) is 24.3 Å². The number of nitrogens with one attached hydrogen (secondary N) is 1. The molecule has 1 unspecified atom stereocenters. The number of benzene rings is 2. The van der Waals surface area contributed by atoms with Gasteiger partial charge in [0.25, 0.3) is 0 Å². The normalized spacial score (nSPS) is 27.4. The lowest BCUT2D eigenvalue weighted by Gasteiger charge is -2.48. The molecule has 7 atom stereocenters. The third kappa shape index (κ3) is 7.85. The number of hydrogen-bond acceptors (Lipinski definition) is 12. The van der Waals surface area contributed by atoms with Crippen LogP contribution in [0.15, 0.2) is 59.5 Å². The smallest absolute Gasteiger partial charge is 0.349 e. The lowest BCUT2D eigenvalue weighted by Crippen LogP contribution is -2.67. The molecule has 2 fully saturated rings. The summed E-state index contributed by atoms with van der Waals surface area (Å²) >= 11 is 1.05. The van der Waals surface area contributed by atoms with Crippen LogP contribution in [-0.2, 0) is 47.6 Å². The van der Waals surface area contributed by atoms with Crippen LogP contribution in [-0.4, -0.2) is 80.0 Å². The fraction of sp³-hybridized carbons (Fsp3) is 0.467. The van der Waals surface area contributed by atoms with Crippen molar-refractivity contribution < 1.29 is 52.3 Å². The molecule has 4 rings (SSSR count). The standard InChI is InChI=1S/C30H35NO11S/c1-17(32)31-25-23(39-18(2)33)15-30(29(35)37-5,43-22-9-7-6-8-10-22)42-27(25)26(40-19(3)34)24-16-38-28(41-24)20-11-13-21(36-4)14-12-20/h6-14,23-28H,15-16H2,1-5H3,(H,31,32)/t23-,24+,25+,26+,27+,28?,30-/m0/s1. The van der Waals surface area contributed by atoms with E-state index in [1.165, 1.54) is 27.9 Å². The number of methoxy groups -OCH3 is 2. The van der Waals surface area contributed by atoms with Crippen LogP contribution in [0.1, 0.15) is 39.0 Å². The van der Waals surface area contributed by atoms with Gasteiger partial charge >= 0.3 is 17.9 Å². The first kappa shape index (κ1) is 32.3. The van der Waals surface area contributed by atoms with E-state index in [4.69, 9.17) is 33.2 Å². The maximum atomic E-state index is 13.5. The molecule has 2 aliphatic heterocycles. The van der Waals surface area contributed by atoms with E-state index in [0.717, 1.165) is 11.8 Å². The van der Waals surface area contributed by atoms with Gasteiger partial charge < -0.3 is 38.5 Å². The molecule has 1 N–H and O–H groups in total. The number of hydrogen-bond donors (Lipinski definition) is 1. The van der Waals surface area contributed by atoms with Crippen molar-refractivity contribution >= 4 is 35.6 Å². The first-order valence-corrected chi connectivity index (χ1v) is 14.4. The summed E-state index contributed by atoms with van der Waals surface area (Å²) in [6.45, 7) is 3.71. The van der Waals surface area contributed by atoms with Crippen LogP contribution < -0.4 is 10.1 Å². The monoisotopic (exact) mass is 617 g/mol. The van der Waals surface area contributed by atoms with Crippen LogP contribution in [0.2, 0.25) is 0 Å². The third-order valence-corrected chi connectivity index (χ3v) is 8.12.